The molecule has 0 bridgehead atoms. The predicted octanol–water partition coefficient (Wildman–Crippen LogP) is -0.935. The van der Waals surface area contributed by atoms with Crippen LogP contribution in [0.2, 0.25) is 0 Å². The summed E-state index contributed by atoms with van der Waals surface area (Å²) >= 11 is 0. The highest BCUT2D eigenvalue weighted by Gasteiger charge is 2.01. The van der Waals surface area contributed by atoms with Crippen molar-refractivity contribution in [3.05, 3.63) is 22.7 Å². The Morgan fingerprint density at radius 1 is 1.60 bits per heavy atom. The summed E-state index contributed by atoms with van der Waals surface area (Å²) < 4.78 is 0. The lowest BCUT2D eigenvalue weighted by molar-refractivity contribution is -0.446. The van der Waals surface area contributed by atoms with Gasteiger partial charge in [0.05, 0.1) is 6.20 Å². The molecule has 0 aliphatic heterocycles. The number of aromatic nitrogens is 4. The van der Waals surface area contributed by atoms with Crippen LogP contribution in [-0.4, -0.2) is 15.3 Å². The first-order valence-electron chi connectivity index (χ1n) is 2.80. The molecule has 0 saturated carbocycles. The molecule has 0 radical (unpaired) electrons. The van der Waals surface area contributed by atoms with Crippen LogP contribution in [0.1, 0.15) is 0 Å². The van der Waals surface area contributed by atoms with E-state index >= 15 is 0 Å². The zero-order valence-electron chi connectivity index (χ0n) is 5.01. The third kappa shape index (κ3) is 0.540. The van der Waals surface area contributed by atoms with Gasteiger partial charge < -0.3 is 0 Å². The molecule has 0 unspecified atom stereocenters. The molecule has 2 aromatic rings. The number of nitrogens with one attached hydrogen (secondary N) is 3. The topological polar surface area (TPSA) is 75.7 Å². The van der Waals surface area contributed by atoms with Crippen LogP contribution in [0, 0.1) is 0 Å². The van der Waals surface area contributed by atoms with Crippen molar-refractivity contribution >= 4 is 10.9 Å². The van der Waals surface area contributed by atoms with E-state index < -0.39 is 0 Å². The van der Waals surface area contributed by atoms with Gasteiger partial charge in [-0.25, -0.2) is 5.10 Å². The van der Waals surface area contributed by atoms with Gasteiger partial charge in [0.15, 0.2) is 0 Å². The fourth-order valence-electron chi connectivity index (χ4n) is 0.836. The Labute approximate surface area is 55.1 Å². The Balaban J connectivity index is 3.09. The Bertz CT molecular complexity index is 401. The maximum atomic E-state index is 10.9. The van der Waals surface area contributed by atoms with Crippen molar-refractivity contribution in [2.45, 2.75) is 0 Å². The third-order valence-electron chi connectivity index (χ3n) is 1.32. The van der Waals surface area contributed by atoms with Gasteiger partial charge in [0.25, 0.3) is 5.56 Å². The monoisotopic (exact) mass is 137 g/mol. The van der Waals surface area contributed by atoms with E-state index in [4.69, 9.17) is 0 Å². The molecule has 0 amide bonds. The van der Waals surface area contributed by atoms with Crippen LogP contribution < -0.4 is 10.7 Å². The van der Waals surface area contributed by atoms with E-state index in [2.05, 4.69) is 20.4 Å². The SMILES string of the molecule is O=c1[nH]ncc2[nH][nH+]cc12. The highest BCUT2D eigenvalue weighted by atomic mass is 16.1. The number of aromatic amines is 3. The van der Waals surface area contributed by atoms with E-state index in [0.717, 1.165) is 0 Å². The minimum Gasteiger partial charge on any atom is -0.267 e. The van der Waals surface area contributed by atoms with Gasteiger partial charge >= 0.3 is 0 Å². The van der Waals surface area contributed by atoms with Crippen molar-refractivity contribution in [3.8, 4) is 0 Å². The third-order valence-corrected chi connectivity index (χ3v) is 1.32. The predicted molar refractivity (Wildman–Crippen MR) is 33.3 cm³/mol. The Morgan fingerprint density at radius 2 is 2.50 bits per heavy atom. The molecule has 0 saturated heterocycles. The summed E-state index contributed by atoms with van der Waals surface area (Å²) in [5.74, 6) is 0. The van der Waals surface area contributed by atoms with Crippen LogP contribution >= 0.6 is 0 Å². The maximum absolute atomic E-state index is 10.9. The maximum Gasteiger partial charge on any atom is 0.279 e. The van der Waals surface area contributed by atoms with Gasteiger partial charge in [0.1, 0.15) is 10.9 Å². The molecule has 0 aromatic carbocycles. The first-order chi connectivity index (χ1) is 4.88. The van der Waals surface area contributed by atoms with E-state index in [-0.39, 0.29) is 5.56 Å². The first-order valence-corrected chi connectivity index (χ1v) is 2.80. The number of fused-ring (bicyclic) bond motifs is 1. The molecule has 2 rings (SSSR count). The van der Waals surface area contributed by atoms with Gasteiger partial charge in [-0.15, -0.1) is 5.10 Å². The van der Waals surface area contributed by atoms with E-state index in [1.54, 1.807) is 12.4 Å². The summed E-state index contributed by atoms with van der Waals surface area (Å²) in [6, 6.07) is 0. The minimum absolute atomic E-state index is 0.185. The van der Waals surface area contributed by atoms with Gasteiger partial charge in [0, 0.05) is 0 Å². The van der Waals surface area contributed by atoms with Gasteiger partial charge in [-0.2, -0.15) is 10.2 Å². The summed E-state index contributed by atoms with van der Waals surface area (Å²) in [6.07, 6.45) is 3.14. The normalized spacial score (nSPS) is 10.4. The van der Waals surface area contributed by atoms with Crippen molar-refractivity contribution in [1.29, 1.82) is 0 Å². The molecule has 5 heteroatoms. The quantitative estimate of drug-likeness (QED) is 0.492. The van der Waals surface area contributed by atoms with E-state index in [1.807, 2.05) is 0 Å². The molecule has 0 atom stereocenters. The molecule has 2 aromatic heterocycles. The Kier molecular flexibility index (Phi) is 0.858. The van der Waals surface area contributed by atoms with Crippen LogP contribution in [0.5, 0.6) is 0 Å². The second kappa shape index (κ2) is 1.66. The van der Waals surface area contributed by atoms with Crippen LogP contribution in [0.25, 0.3) is 10.9 Å². The number of hydrogen-bond donors (Lipinski definition) is 2. The second-order valence-corrected chi connectivity index (χ2v) is 1.94. The van der Waals surface area contributed by atoms with Crippen molar-refractivity contribution in [2.24, 2.45) is 0 Å². The molecule has 50 valence electrons. The molecule has 0 spiro atoms. The Morgan fingerprint density at radius 3 is 3.30 bits per heavy atom. The molecular weight excluding hydrogens is 132 g/mol. The van der Waals surface area contributed by atoms with Crippen LogP contribution in [0.3, 0.4) is 0 Å². The number of H-pyrrole nitrogens is 3. The Hall–Kier alpha value is -1.65. The largest absolute Gasteiger partial charge is 0.279 e. The van der Waals surface area contributed by atoms with Crippen molar-refractivity contribution in [3.63, 3.8) is 0 Å². The van der Waals surface area contributed by atoms with E-state index in [0.29, 0.717) is 10.9 Å². The molecule has 0 fully saturated rings. The fraction of sp³-hybridized carbons (Fsp3) is 0. The molecular formula is C5H5N4O+. The van der Waals surface area contributed by atoms with Crippen LogP contribution in [-0.2, 0) is 0 Å². The zero-order chi connectivity index (χ0) is 6.97. The smallest absolute Gasteiger partial charge is 0.267 e. The lowest BCUT2D eigenvalue weighted by atomic mass is 10.4. The molecule has 0 aliphatic carbocycles. The summed E-state index contributed by atoms with van der Waals surface area (Å²) in [4.78, 5) is 10.9. The van der Waals surface area contributed by atoms with Gasteiger partial charge in [-0.1, -0.05) is 0 Å². The molecule has 3 N–H and O–H groups in total. The van der Waals surface area contributed by atoms with Gasteiger partial charge in [-0.05, 0) is 0 Å². The minimum atomic E-state index is -0.185. The van der Waals surface area contributed by atoms with E-state index in [1.165, 1.54) is 0 Å². The zero-order valence-corrected chi connectivity index (χ0v) is 5.01. The number of nitrogens with zero attached hydrogens (tertiary/aromatic N) is 1. The first kappa shape index (κ1) is 5.16. The standard InChI is InChI=1S/C5H4N4O/c10-5-3-1-6-8-4(3)2-7-9-5/h1-2H,(H,6,8)(H,9,10)/p+1. The average Bonchev–Trinajstić information content (AvgIpc) is 2.36. The molecule has 2 heterocycles. The summed E-state index contributed by atoms with van der Waals surface area (Å²) in [5.41, 5.74) is 0.527. The molecule has 10 heavy (non-hydrogen) atoms. The second-order valence-electron chi connectivity index (χ2n) is 1.94. The van der Waals surface area contributed by atoms with Crippen molar-refractivity contribution in [2.75, 3.05) is 0 Å². The summed E-state index contributed by atoms with van der Waals surface area (Å²) in [7, 11) is 0. The van der Waals surface area contributed by atoms with Crippen molar-refractivity contribution < 1.29 is 5.10 Å². The molecule has 5 nitrogen and oxygen atoms in total. The van der Waals surface area contributed by atoms with Crippen LogP contribution in [0.15, 0.2) is 17.2 Å². The average molecular weight is 137 g/mol. The fourth-order valence-corrected chi connectivity index (χ4v) is 0.836. The van der Waals surface area contributed by atoms with Gasteiger partial charge in [-0.3, -0.25) is 4.79 Å². The van der Waals surface area contributed by atoms with Gasteiger partial charge in [0.2, 0.25) is 6.20 Å². The molecule has 0 aliphatic rings. The highest BCUT2D eigenvalue weighted by molar-refractivity contribution is 5.73. The number of rotatable bonds is 0. The van der Waals surface area contributed by atoms with E-state index in [9.17, 15) is 4.79 Å². The lowest BCUT2D eigenvalue weighted by Crippen LogP contribution is -2.05. The summed E-state index contributed by atoms with van der Waals surface area (Å²) in [5, 5.41) is 11.9. The van der Waals surface area contributed by atoms with Crippen molar-refractivity contribution in [1.82, 2.24) is 15.3 Å². The highest BCUT2D eigenvalue weighted by Crippen LogP contribution is 1.95. The lowest BCUT2D eigenvalue weighted by Gasteiger charge is -1.78. The number of hydrogen-bond acceptors (Lipinski definition) is 2. The van der Waals surface area contributed by atoms with Crippen LogP contribution in [0.4, 0.5) is 0 Å². The summed E-state index contributed by atoms with van der Waals surface area (Å²) in [6.45, 7) is 0.